The minimum atomic E-state index is -1.21. The van der Waals surface area contributed by atoms with Crippen molar-refractivity contribution < 1.29 is 19.6 Å². The Labute approximate surface area is 129 Å². The Morgan fingerprint density at radius 1 is 1.39 bits per heavy atom. The van der Waals surface area contributed by atoms with E-state index >= 15 is 0 Å². The number of nitro groups is 1. The van der Waals surface area contributed by atoms with Crippen LogP contribution in [-0.4, -0.2) is 41.5 Å². The Morgan fingerprint density at radius 2 is 2.09 bits per heavy atom. The molecule has 2 N–H and O–H groups in total. The van der Waals surface area contributed by atoms with Gasteiger partial charge in [-0.15, -0.1) is 0 Å². The normalized spacial score (nSPS) is 10.5. The molecule has 0 radical (unpaired) electrons. The van der Waals surface area contributed by atoms with E-state index in [4.69, 9.17) is 5.11 Å². The van der Waals surface area contributed by atoms with Crippen LogP contribution < -0.4 is 5.32 Å². The second-order valence-corrected chi connectivity index (χ2v) is 4.73. The fourth-order valence-electron chi connectivity index (χ4n) is 2.04. The zero-order valence-corrected chi connectivity index (χ0v) is 12.4. The standard InChI is InChI=1S/C12H14N6O5/c1-7-9(18(22)23)6-14-17(7)4-3-10(19)15-8-5-13-16(2)11(8)12(20)21/h5-6H,3-4H2,1-2H3,(H,15,19)(H,20,21). The van der Waals surface area contributed by atoms with Gasteiger partial charge in [0.15, 0.2) is 5.69 Å². The van der Waals surface area contributed by atoms with E-state index < -0.39 is 16.8 Å². The van der Waals surface area contributed by atoms with Gasteiger partial charge in [0.2, 0.25) is 5.91 Å². The number of anilines is 1. The van der Waals surface area contributed by atoms with E-state index in [9.17, 15) is 19.7 Å². The van der Waals surface area contributed by atoms with E-state index in [0.29, 0.717) is 5.69 Å². The predicted octanol–water partition coefficient (Wildman–Crippen LogP) is 0.560. The Bertz CT molecular complexity index is 777. The predicted molar refractivity (Wildman–Crippen MR) is 77.0 cm³/mol. The molecule has 2 heterocycles. The van der Waals surface area contributed by atoms with Crippen LogP contribution in [0.5, 0.6) is 0 Å². The summed E-state index contributed by atoms with van der Waals surface area (Å²) < 4.78 is 2.48. The van der Waals surface area contributed by atoms with Crippen molar-refractivity contribution in [1.82, 2.24) is 19.6 Å². The SMILES string of the molecule is Cc1c([N+](=O)[O-])cnn1CCC(=O)Nc1cnn(C)c1C(=O)O. The van der Waals surface area contributed by atoms with Crippen molar-refractivity contribution in [3.63, 3.8) is 0 Å². The van der Waals surface area contributed by atoms with Gasteiger partial charge < -0.3 is 10.4 Å². The molecule has 0 spiro atoms. The van der Waals surface area contributed by atoms with E-state index in [1.807, 2.05) is 0 Å². The number of aryl methyl sites for hydroxylation is 2. The average Bonchev–Trinajstić information content (AvgIpc) is 3.00. The van der Waals surface area contributed by atoms with Crippen LogP contribution in [0.4, 0.5) is 11.4 Å². The van der Waals surface area contributed by atoms with Crippen molar-refractivity contribution in [3.8, 4) is 0 Å². The van der Waals surface area contributed by atoms with E-state index in [-0.39, 0.29) is 30.0 Å². The minimum absolute atomic E-state index is 0.0202. The summed E-state index contributed by atoms with van der Waals surface area (Å²) in [4.78, 5) is 33.2. The number of amides is 1. The van der Waals surface area contributed by atoms with Gasteiger partial charge >= 0.3 is 11.7 Å². The van der Waals surface area contributed by atoms with E-state index in [1.54, 1.807) is 0 Å². The molecule has 0 saturated heterocycles. The fraction of sp³-hybridized carbons (Fsp3) is 0.333. The summed E-state index contributed by atoms with van der Waals surface area (Å²) in [5.74, 6) is -1.66. The van der Waals surface area contributed by atoms with E-state index in [0.717, 1.165) is 10.9 Å². The molecule has 122 valence electrons. The molecule has 0 aliphatic carbocycles. The molecule has 2 aromatic rings. The molecule has 1 amide bonds. The summed E-state index contributed by atoms with van der Waals surface area (Å²) >= 11 is 0. The Morgan fingerprint density at radius 3 is 2.65 bits per heavy atom. The van der Waals surface area contributed by atoms with Gasteiger partial charge in [-0.1, -0.05) is 0 Å². The van der Waals surface area contributed by atoms with Gasteiger partial charge in [-0.3, -0.25) is 24.3 Å². The molecule has 23 heavy (non-hydrogen) atoms. The lowest BCUT2D eigenvalue weighted by molar-refractivity contribution is -0.385. The van der Waals surface area contributed by atoms with Gasteiger partial charge in [0.05, 0.1) is 23.4 Å². The number of hydrogen-bond donors (Lipinski definition) is 2. The van der Waals surface area contributed by atoms with Gasteiger partial charge in [0, 0.05) is 13.5 Å². The maximum atomic E-state index is 11.9. The largest absolute Gasteiger partial charge is 0.476 e. The Hall–Kier alpha value is -3.24. The van der Waals surface area contributed by atoms with Gasteiger partial charge in [0.1, 0.15) is 11.9 Å². The van der Waals surface area contributed by atoms with Crippen LogP contribution in [0.1, 0.15) is 22.6 Å². The van der Waals surface area contributed by atoms with Gasteiger partial charge in [-0.2, -0.15) is 10.2 Å². The van der Waals surface area contributed by atoms with Crippen molar-refractivity contribution >= 4 is 23.3 Å². The molecule has 0 saturated carbocycles. The number of aromatic nitrogens is 4. The van der Waals surface area contributed by atoms with Crippen molar-refractivity contribution in [2.75, 3.05) is 5.32 Å². The summed E-state index contributed by atoms with van der Waals surface area (Å²) in [5.41, 5.74) is 0.179. The number of carboxylic acids is 1. The number of carbonyl (C=O) groups excluding carboxylic acids is 1. The molecule has 2 aromatic heterocycles. The lowest BCUT2D eigenvalue weighted by Crippen LogP contribution is -2.17. The van der Waals surface area contributed by atoms with Crippen molar-refractivity contribution in [1.29, 1.82) is 0 Å². The minimum Gasteiger partial charge on any atom is -0.476 e. The molecular weight excluding hydrogens is 308 g/mol. The summed E-state index contributed by atoms with van der Waals surface area (Å²) in [7, 11) is 1.45. The number of hydrogen-bond acceptors (Lipinski definition) is 6. The molecule has 0 fully saturated rings. The number of aromatic carboxylic acids is 1. The highest BCUT2D eigenvalue weighted by molar-refractivity contribution is 5.99. The first-order valence-corrected chi connectivity index (χ1v) is 6.53. The van der Waals surface area contributed by atoms with Gasteiger partial charge in [0.25, 0.3) is 0 Å². The van der Waals surface area contributed by atoms with Gasteiger partial charge in [-0.25, -0.2) is 4.79 Å². The second kappa shape index (κ2) is 6.25. The fourth-order valence-corrected chi connectivity index (χ4v) is 2.04. The summed E-state index contributed by atoms with van der Waals surface area (Å²) in [6.07, 6.45) is 2.34. The van der Waals surface area contributed by atoms with Crippen LogP contribution in [-0.2, 0) is 18.4 Å². The molecule has 11 heteroatoms. The summed E-state index contributed by atoms with van der Waals surface area (Å²) in [5, 5.41) is 29.9. The maximum absolute atomic E-state index is 11.9. The molecule has 0 aliphatic heterocycles. The van der Waals surface area contributed by atoms with E-state index in [2.05, 4.69) is 15.5 Å². The summed E-state index contributed by atoms with van der Waals surface area (Å²) in [6.45, 7) is 1.67. The quantitative estimate of drug-likeness (QED) is 0.583. The first kappa shape index (κ1) is 16.1. The molecule has 2 rings (SSSR count). The number of carbonyl (C=O) groups is 2. The maximum Gasteiger partial charge on any atom is 0.356 e. The van der Waals surface area contributed by atoms with Crippen LogP contribution in [0.25, 0.3) is 0 Å². The van der Waals surface area contributed by atoms with Crippen molar-refractivity contribution in [2.24, 2.45) is 7.05 Å². The van der Waals surface area contributed by atoms with Crippen molar-refractivity contribution in [3.05, 3.63) is 33.9 Å². The Balaban J connectivity index is 2.01. The lowest BCUT2D eigenvalue weighted by atomic mass is 10.3. The van der Waals surface area contributed by atoms with Crippen LogP contribution in [0.15, 0.2) is 12.4 Å². The molecular formula is C12H14N6O5. The highest BCUT2D eigenvalue weighted by atomic mass is 16.6. The van der Waals surface area contributed by atoms with Gasteiger partial charge in [-0.05, 0) is 6.92 Å². The average molecular weight is 322 g/mol. The van der Waals surface area contributed by atoms with E-state index in [1.165, 1.54) is 24.9 Å². The van der Waals surface area contributed by atoms with Crippen molar-refractivity contribution in [2.45, 2.75) is 19.9 Å². The number of carboxylic acid groups (broad SMARTS) is 1. The monoisotopic (exact) mass is 322 g/mol. The molecule has 11 nitrogen and oxygen atoms in total. The molecule has 0 atom stereocenters. The lowest BCUT2D eigenvalue weighted by Gasteiger charge is -2.06. The first-order valence-electron chi connectivity index (χ1n) is 6.53. The smallest absolute Gasteiger partial charge is 0.356 e. The third kappa shape index (κ3) is 3.33. The number of nitrogens with one attached hydrogen (secondary N) is 1. The Kier molecular flexibility index (Phi) is 4.39. The van der Waals surface area contributed by atoms with Crippen LogP contribution in [0, 0.1) is 17.0 Å². The molecule has 0 aliphatic rings. The van der Waals surface area contributed by atoms with Crippen LogP contribution in [0.3, 0.4) is 0 Å². The zero-order valence-electron chi connectivity index (χ0n) is 12.4. The van der Waals surface area contributed by atoms with Crippen LogP contribution >= 0.6 is 0 Å². The highest BCUT2D eigenvalue weighted by Gasteiger charge is 2.19. The number of rotatable bonds is 6. The zero-order chi connectivity index (χ0) is 17.1. The molecule has 0 aromatic carbocycles. The van der Waals surface area contributed by atoms with Crippen LogP contribution in [0.2, 0.25) is 0 Å². The first-order chi connectivity index (χ1) is 10.8. The second-order valence-electron chi connectivity index (χ2n) is 4.73. The highest BCUT2D eigenvalue weighted by Crippen LogP contribution is 2.17. The summed E-state index contributed by atoms with van der Waals surface area (Å²) in [6, 6.07) is 0. The number of nitrogens with zero attached hydrogens (tertiary/aromatic N) is 5. The third-order valence-corrected chi connectivity index (χ3v) is 3.24. The molecule has 0 unspecified atom stereocenters. The topological polar surface area (TPSA) is 145 Å². The third-order valence-electron chi connectivity index (χ3n) is 3.24. The molecule has 0 bridgehead atoms.